The molecule has 2 heterocycles. The van der Waals surface area contributed by atoms with Gasteiger partial charge in [0.1, 0.15) is 6.04 Å². The first kappa shape index (κ1) is 15.5. The molecule has 0 radical (unpaired) electrons. The minimum Gasteiger partial charge on any atom is -0.342 e. The van der Waals surface area contributed by atoms with Crippen molar-refractivity contribution in [3.8, 4) is 0 Å². The summed E-state index contributed by atoms with van der Waals surface area (Å²) in [5, 5.41) is 4.22. The van der Waals surface area contributed by atoms with Crippen molar-refractivity contribution in [2.24, 2.45) is 7.05 Å². The van der Waals surface area contributed by atoms with E-state index in [9.17, 15) is 9.59 Å². The van der Waals surface area contributed by atoms with Crippen LogP contribution < -0.4 is 0 Å². The van der Waals surface area contributed by atoms with Crippen LogP contribution in [0, 0.1) is 6.92 Å². The highest BCUT2D eigenvalue weighted by Crippen LogP contribution is 2.20. The molecule has 0 spiro atoms. The number of carbonyl (C=O) groups is 2. The van der Waals surface area contributed by atoms with E-state index in [1.807, 2.05) is 6.92 Å². The third-order valence-corrected chi connectivity index (χ3v) is 4.05. The fourth-order valence-corrected chi connectivity index (χ4v) is 2.80. The Labute approximate surface area is 125 Å². The lowest BCUT2D eigenvalue weighted by Crippen LogP contribution is -2.57. The van der Waals surface area contributed by atoms with E-state index in [0.717, 1.165) is 19.3 Å². The lowest BCUT2D eigenvalue weighted by atomic mass is 10.0. The molecule has 1 aliphatic heterocycles. The van der Waals surface area contributed by atoms with Gasteiger partial charge in [0.05, 0.1) is 11.3 Å². The van der Waals surface area contributed by atoms with Gasteiger partial charge in [-0.2, -0.15) is 5.10 Å². The molecule has 0 bridgehead atoms. The van der Waals surface area contributed by atoms with Crippen LogP contribution in [-0.2, 0) is 11.8 Å². The molecule has 116 valence electrons. The number of aromatic nitrogens is 2. The molecule has 6 heteroatoms. The maximum Gasteiger partial charge on any atom is 0.258 e. The molecule has 0 N–H and O–H groups in total. The van der Waals surface area contributed by atoms with Gasteiger partial charge in [0.2, 0.25) is 5.91 Å². The highest BCUT2D eigenvalue weighted by atomic mass is 16.2. The first-order valence-electron chi connectivity index (χ1n) is 7.52. The zero-order valence-electron chi connectivity index (χ0n) is 13.3. The van der Waals surface area contributed by atoms with Crippen molar-refractivity contribution in [1.29, 1.82) is 0 Å². The number of rotatable bonds is 4. The fraction of sp³-hybridized carbons (Fsp3) is 0.667. The van der Waals surface area contributed by atoms with E-state index in [0.29, 0.717) is 24.3 Å². The van der Waals surface area contributed by atoms with E-state index in [-0.39, 0.29) is 17.9 Å². The Hall–Kier alpha value is -1.85. The molecule has 0 aromatic carbocycles. The van der Waals surface area contributed by atoms with Crippen LogP contribution in [0.1, 0.15) is 42.2 Å². The van der Waals surface area contributed by atoms with Crippen LogP contribution in [0.25, 0.3) is 0 Å². The van der Waals surface area contributed by atoms with Crippen LogP contribution in [0.3, 0.4) is 0 Å². The number of amides is 2. The zero-order valence-corrected chi connectivity index (χ0v) is 13.3. The Balaban J connectivity index is 2.24. The minimum absolute atomic E-state index is 0.0459. The van der Waals surface area contributed by atoms with E-state index < -0.39 is 0 Å². The van der Waals surface area contributed by atoms with E-state index in [1.54, 1.807) is 34.8 Å². The van der Waals surface area contributed by atoms with Gasteiger partial charge in [-0.05, 0) is 13.3 Å². The summed E-state index contributed by atoms with van der Waals surface area (Å²) < 4.78 is 1.64. The number of carbonyl (C=O) groups excluding carboxylic acids is 2. The Morgan fingerprint density at radius 1 is 1.38 bits per heavy atom. The highest BCUT2D eigenvalue weighted by molar-refractivity contribution is 5.98. The summed E-state index contributed by atoms with van der Waals surface area (Å²) in [5.41, 5.74) is 1.31. The minimum atomic E-state index is -0.337. The van der Waals surface area contributed by atoms with Crippen molar-refractivity contribution >= 4 is 11.8 Å². The van der Waals surface area contributed by atoms with Gasteiger partial charge in [0.25, 0.3) is 5.91 Å². The monoisotopic (exact) mass is 292 g/mol. The SMILES string of the molecule is CCCCC1C(=O)N(C)CCN1C(=O)c1cn(C)nc1C. The molecule has 0 saturated carbocycles. The Kier molecular flexibility index (Phi) is 4.65. The maximum absolute atomic E-state index is 12.8. The quantitative estimate of drug-likeness (QED) is 0.838. The number of aryl methyl sites for hydroxylation is 2. The second-order valence-corrected chi connectivity index (χ2v) is 5.72. The predicted molar refractivity (Wildman–Crippen MR) is 79.9 cm³/mol. The van der Waals surface area contributed by atoms with E-state index in [2.05, 4.69) is 12.0 Å². The number of hydrogen-bond donors (Lipinski definition) is 0. The molecular weight excluding hydrogens is 268 g/mol. The number of unbranched alkanes of at least 4 members (excludes halogenated alkanes) is 1. The highest BCUT2D eigenvalue weighted by Gasteiger charge is 2.36. The molecule has 1 atom stereocenters. The predicted octanol–water partition coefficient (Wildman–Crippen LogP) is 1.20. The van der Waals surface area contributed by atoms with Crippen LogP contribution >= 0.6 is 0 Å². The summed E-state index contributed by atoms with van der Waals surface area (Å²) >= 11 is 0. The van der Waals surface area contributed by atoms with Gasteiger partial charge in [-0.3, -0.25) is 14.3 Å². The summed E-state index contributed by atoms with van der Waals surface area (Å²) in [5.74, 6) is -0.0345. The molecule has 1 aromatic rings. The molecule has 1 aromatic heterocycles. The standard InChI is InChI=1S/C15H24N4O2/c1-5-6-7-13-15(21)17(3)8-9-19(13)14(20)12-10-18(4)16-11(12)2/h10,13H,5-9H2,1-4H3. The van der Waals surface area contributed by atoms with Crippen LogP contribution in [0.15, 0.2) is 6.20 Å². The second kappa shape index (κ2) is 6.28. The first-order chi connectivity index (χ1) is 9.95. The molecule has 0 aliphatic carbocycles. The molecule has 1 unspecified atom stereocenters. The molecule has 1 aliphatic rings. The molecular formula is C15H24N4O2. The van der Waals surface area contributed by atoms with Crippen LogP contribution in [0.4, 0.5) is 0 Å². The molecule has 1 fully saturated rings. The molecule has 6 nitrogen and oxygen atoms in total. The van der Waals surface area contributed by atoms with Crippen molar-refractivity contribution in [1.82, 2.24) is 19.6 Å². The Morgan fingerprint density at radius 2 is 2.10 bits per heavy atom. The lowest BCUT2D eigenvalue weighted by molar-refractivity contribution is -0.138. The van der Waals surface area contributed by atoms with Gasteiger partial charge in [0, 0.05) is 33.4 Å². The van der Waals surface area contributed by atoms with E-state index in [4.69, 9.17) is 0 Å². The van der Waals surface area contributed by atoms with Gasteiger partial charge in [0.15, 0.2) is 0 Å². The van der Waals surface area contributed by atoms with Crippen LogP contribution in [0.2, 0.25) is 0 Å². The van der Waals surface area contributed by atoms with Crippen molar-refractivity contribution in [3.05, 3.63) is 17.5 Å². The summed E-state index contributed by atoms with van der Waals surface area (Å²) in [4.78, 5) is 28.6. The van der Waals surface area contributed by atoms with Crippen LogP contribution in [0.5, 0.6) is 0 Å². The number of hydrogen-bond acceptors (Lipinski definition) is 3. The Bertz CT molecular complexity index is 538. The fourth-order valence-electron chi connectivity index (χ4n) is 2.80. The lowest BCUT2D eigenvalue weighted by Gasteiger charge is -2.39. The van der Waals surface area contributed by atoms with Crippen LogP contribution in [-0.4, -0.2) is 57.6 Å². The largest absolute Gasteiger partial charge is 0.342 e. The maximum atomic E-state index is 12.8. The van der Waals surface area contributed by atoms with E-state index in [1.165, 1.54) is 0 Å². The zero-order chi connectivity index (χ0) is 15.6. The normalized spacial score (nSPS) is 19.2. The number of nitrogens with zero attached hydrogens (tertiary/aromatic N) is 4. The van der Waals surface area contributed by atoms with Gasteiger partial charge >= 0.3 is 0 Å². The Morgan fingerprint density at radius 3 is 2.67 bits per heavy atom. The third kappa shape index (κ3) is 3.09. The first-order valence-corrected chi connectivity index (χ1v) is 7.52. The molecule has 1 saturated heterocycles. The van der Waals surface area contributed by atoms with Crippen molar-refractivity contribution in [3.63, 3.8) is 0 Å². The second-order valence-electron chi connectivity index (χ2n) is 5.72. The number of piperazine rings is 1. The van der Waals surface area contributed by atoms with Gasteiger partial charge in [-0.25, -0.2) is 0 Å². The summed E-state index contributed by atoms with van der Waals surface area (Å²) in [6.45, 7) is 5.09. The summed E-state index contributed by atoms with van der Waals surface area (Å²) in [6, 6.07) is -0.337. The van der Waals surface area contributed by atoms with Crippen molar-refractivity contribution in [2.45, 2.75) is 39.2 Å². The van der Waals surface area contributed by atoms with Crippen molar-refractivity contribution in [2.75, 3.05) is 20.1 Å². The average molecular weight is 292 g/mol. The van der Waals surface area contributed by atoms with Crippen molar-refractivity contribution < 1.29 is 9.59 Å². The average Bonchev–Trinajstić information content (AvgIpc) is 2.78. The third-order valence-electron chi connectivity index (χ3n) is 4.05. The smallest absolute Gasteiger partial charge is 0.258 e. The van der Waals surface area contributed by atoms with Gasteiger partial charge < -0.3 is 9.80 Å². The number of likely N-dealkylation sites (N-methyl/N-ethyl adjacent to an activating group) is 1. The molecule has 2 rings (SSSR count). The van der Waals surface area contributed by atoms with E-state index >= 15 is 0 Å². The van der Waals surface area contributed by atoms with Gasteiger partial charge in [-0.15, -0.1) is 0 Å². The van der Waals surface area contributed by atoms with Gasteiger partial charge in [-0.1, -0.05) is 19.8 Å². The summed E-state index contributed by atoms with van der Waals surface area (Å²) in [7, 11) is 3.60. The summed E-state index contributed by atoms with van der Waals surface area (Å²) in [6.07, 6.45) is 4.42. The topological polar surface area (TPSA) is 58.4 Å². The molecule has 21 heavy (non-hydrogen) atoms. The molecule has 2 amide bonds.